The molecule has 7 heteroatoms. The number of H-pyrrole nitrogens is 1. The van der Waals surface area contributed by atoms with Crippen molar-refractivity contribution < 1.29 is 4.42 Å². The summed E-state index contributed by atoms with van der Waals surface area (Å²) in [5.41, 5.74) is 1.76. The molecule has 0 saturated carbocycles. The largest absolute Gasteiger partial charge is 0.425 e. The second-order valence-corrected chi connectivity index (χ2v) is 5.12. The first-order valence-electron chi connectivity index (χ1n) is 5.76. The molecule has 1 N–H and O–H groups in total. The minimum absolute atomic E-state index is 0.0123. The van der Waals surface area contributed by atoms with Crippen LogP contribution in [0.4, 0.5) is 0 Å². The summed E-state index contributed by atoms with van der Waals surface area (Å²) < 4.78 is 5.27. The van der Waals surface area contributed by atoms with Crippen LogP contribution in [0, 0.1) is 6.92 Å². The first kappa shape index (κ1) is 11.5. The SMILES string of the molecule is Cc1nnc(CSc2nc3c(c(=O)[nH]2)CCC3)o1. The van der Waals surface area contributed by atoms with Crippen LogP contribution in [0.3, 0.4) is 0 Å². The van der Waals surface area contributed by atoms with E-state index in [1.165, 1.54) is 11.8 Å². The third kappa shape index (κ3) is 2.17. The Morgan fingerprint density at radius 3 is 3.06 bits per heavy atom. The highest BCUT2D eigenvalue weighted by atomic mass is 32.2. The highest BCUT2D eigenvalue weighted by Crippen LogP contribution is 2.21. The highest BCUT2D eigenvalue weighted by Gasteiger charge is 2.17. The number of aryl methyl sites for hydroxylation is 2. The second kappa shape index (κ2) is 4.56. The second-order valence-electron chi connectivity index (χ2n) is 4.15. The van der Waals surface area contributed by atoms with Crippen molar-refractivity contribution in [2.75, 3.05) is 0 Å². The Morgan fingerprint density at radius 2 is 2.28 bits per heavy atom. The summed E-state index contributed by atoms with van der Waals surface area (Å²) in [5.74, 6) is 1.60. The van der Waals surface area contributed by atoms with Crippen LogP contribution in [0.5, 0.6) is 0 Å². The van der Waals surface area contributed by atoms with Crippen molar-refractivity contribution in [2.24, 2.45) is 0 Å². The van der Waals surface area contributed by atoms with E-state index in [1.54, 1.807) is 6.92 Å². The molecule has 0 radical (unpaired) electrons. The normalized spacial score (nSPS) is 13.8. The summed E-state index contributed by atoms with van der Waals surface area (Å²) in [6.45, 7) is 1.75. The fourth-order valence-electron chi connectivity index (χ4n) is 2.01. The number of aromatic nitrogens is 4. The van der Waals surface area contributed by atoms with E-state index in [4.69, 9.17) is 4.42 Å². The number of aromatic amines is 1. The van der Waals surface area contributed by atoms with Gasteiger partial charge in [0.15, 0.2) is 5.16 Å². The zero-order chi connectivity index (χ0) is 12.5. The van der Waals surface area contributed by atoms with E-state index in [0.29, 0.717) is 22.7 Å². The number of hydrogen-bond donors (Lipinski definition) is 1. The molecule has 2 aromatic heterocycles. The van der Waals surface area contributed by atoms with E-state index in [2.05, 4.69) is 20.2 Å². The molecule has 2 heterocycles. The zero-order valence-electron chi connectivity index (χ0n) is 9.89. The Hall–Kier alpha value is -1.63. The van der Waals surface area contributed by atoms with Crippen LogP contribution >= 0.6 is 11.8 Å². The van der Waals surface area contributed by atoms with Gasteiger partial charge in [0, 0.05) is 12.5 Å². The quantitative estimate of drug-likeness (QED) is 0.663. The van der Waals surface area contributed by atoms with Crippen LogP contribution in [0.2, 0.25) is 0 Å². The average molecular weight is 264 g/mol. The average Bonchev–Trinajstić information content (AvgIpc) is 2.95. The van der Waals surface area contributed by atoms with Crippen LogP contribution in [0.15, 0.2) is 14.4 Å². The molecule has 94 valence electrons. The van der Waals surface area contributed by atoms with Gasteiger partial charge in [0.1, 0.15) is 0 Å². The molecule has 0 bridgehead atoms. The third-order valence-corrected chi connectivity index (χ3v) is 3.68. The summed E-state index contributed by atoms with van der Waals surface area (Å²) in [6.07, 6.45) is 2.75. The lowest BCUT2D eigenvalue weighted by atomic mass is 10.3. The maximum absolute atomic E-state index is 11.8. The molecule has 2 aromatic rings. The lowest BCUT2D eigenvalue weighted by Crippen LogP contribution is -2.14. The first-order valence-corrected chi connectivity index (χ1v) is 6.75. The number of fused-ring (bicyclic) bond motifs is 1. The van der Waals surface area contributed by atoms with Crippen molar-refractivity contribution in [3.63, 3.8) is 0 Å². The lowest BCUT2D eigenvalue weighted by molar-refractivity contribution is 0.485. The van der Waals surface area contributed by atoms with Crippen molar-refractivity contribution in [2.45, 2.75) is 37.1 Å². The van der Waals surface area contributed by atoms with Crippen LogP contribution in [-0.4, -0.2) is 20.2 Å². The molecule has 18 heavy (non-hydrogen) atoms. The highest BCUT2D eigenvalue weighted by molar-refractivity contribution is 7.98. The maximum atomic E-state index is 11.8. The van der Waals surface area contributed by atoms with E-state index in [9.17, 15) is 4.79 Å². The van der Waals surface area contributed by atoms with Gasteiger partial charge in [-0.1, -0.05) is 11.8 Å². The smallest absolute Gasteiger partial charge is 0.254 e. The Balaban J connectivity index is 1.77. The predicted molar refractivity (Wildman–Crippen MR) is 65.5 cm³/mol. The molecule has 0 aromatic carbocycles. The Bertz CT molecular complexity index is 634. The molecule has 0 aliphatic heterocycles. The van der Waals surface area contributed by atoms with E-state index in [-0.39, 0.29) is 5.56 Å². The van der Waals surface area contributed by atoms with Crippen LogP contribution in [-0.2, 0) is 18.6 Å². The molecule has 1 aliphatic rings. The fraction of sp³-hybridized carbons (Fsp3) is 0.455. The summed E-state index contributed by atoms with van der Waals surface area (Å²) in [5, 5.41) is 8.27. The van der Waals surface area contributed by atoms with Gasteiger partial charge in [-0.05, 0) is 19.3 Å². The van der Waals surface area contributed by atoms with Crippen LogP contribution < -0.4 is 5.56 Å². The molecule has 0 atom stereocenters. The van der Waals surface area contributed by atoms with Gasteiger partial charge in [-0.3, -0.25) is 4.79 Å². The molecule has 0 fully saturated rings. The minimum atomic E-state index is -0.0123. The molecule has 6 nitrogen and oxygen atoms in total. The maximum Gasteiger partial charge on any atom is 0.254 e. The Labute approximate surface area is 107 Å². The van der Waals surface area contributed by atoms with Crippen molar-refractivity contribution >= 4 is 11.8 Å². The van der Waals surface area contributed by atoms with Crippen molar-refractivity contribution in [1.29, 1.82) is 0 Å². The van der Waals surface area contributed by atoms with E-state index in [0.717, 1.165) is 30.5 Å². The van der Waals surface area contributed by atoms with Gasteiger partial charge in [0.2, 0.25) is 11.8 Å². The monoisotopic (exact) mass is 264 g/mol. The molecular formula is C11H12N4O2S. The van der Waals surface area contributed by atoms with Crippen molar-refractivity contribution in [1.82, 2.24) is 20.2 Å². The van der Waals surface area contributed by atoms with E-state index in [1.807, 2.05) is 0 Å². The summed E-state index contributed by atoms with van der Waals surface area (Å²) in [6, 6.07) is 0. The number of nitrogens with one attached hydrogen (secondary N) is 1. The predicted octanol–water partition coefficient (Wildman–Crippen LogP) is 1.24. The summed E-state index contributed by atoms with van der Waals surface area (Å²) in [7, 11) is 0. The van der Waals surface area contributed by atoms with Gasteiger partial charge >= 0.3 is 0 Å². The summed E-state index contributed by atoms with van der Waals surface area (Å²) >= 11 is 1.40. The van der Waals surface area contributed by atoms with Gasteiger partial charge in [0.05, 0.1) is 11.4 Å². The van der Waals surface area contributed by atoms with Gasteiger partial charge in [-0.15, -0.1) is 10.2 Å². The van der Waals surface area contributed by atoms with Crippen molar-refractivity contribution in [3.8, 4) is 0 Å². The summed E-state index contributed by atoms with van der Waals surface area (Å²) in [4.78, 5) is 19.0. The molecule has 0 amide bonds. The van der Waals surface area contributed by atoms with E-state index >= 15 is 0 Å². The van der Waals surface area contributed by atoms with E-state index < -0.39 is 0 Å². The Kier molecular flexibility index (Phi) is 2.91. The number of thioether (sulfide) groups is 1. The molecule has 3 rings (SSSR count). The van der Waals surface area contributed by atoms with Gasteiger partial charge < -0.3 is 9.40 Å². The molecule has 0 unspecified atom stereocenters. The standard InChI is InChI=1S/C11H12N4O2S/c1-6-14-15-9(17-6)5-18-11-12-8-4-2-3-7(8)10(16)13-11/h2-5H2,1H3,(H,12,13,16). The van der Waals surface area contributed by atoms with Crippen LogP contribution in [0.25, 0.3) is 0 Å². The van der Waals surface area contributed by atoms with Gasteiger partial charge in [-0.2, -0.15) is 0 Å². The van der Waals surface area contributed by atoms with Gasteiger partial charge in [-0.25, -0.2) is 4.98 Å². The van der Waals surface area contributed by atoms with Crippen molar-refractivity contribution in [3.05, 3.63) is 33.4 Å². The number of hydrogen-bond acceptors (Lipinski definition) is 6. The topological polar surface area (TPSA) is 84.7 Å². The molecule has 0 spiro atoms. The zero-order valence-corrected chi connectivity index (χ0v) is 10.7. The minimum Gasteiger partial charge on any atom is -0.425 e. The lowest BCUT2D eigenvalue weighted by Gasteiger charge is -2.01. The first-order chi connectivity index (χ1) is 8.72. The van der Waals surface area contributed by atoms with Gasteiger partial charge in [0.25, 0.3) is 5.56 Å². The molecule has 0 saturated heterocycles. The van der Waals surface area contributed by atoms with Crippen LogP contribution in [0.1, 0.15) is 29.5 Å². The third-order valence-electron chi connectivity index (χ3n) is 2.82. The number of rotatable bonds is 3. The number of nitrogens with zero attached hydrogens (tertiary/aromatic N) is 3. The molecule has 1 aliphatic carbocycles. The Morgan fingerprint density at radius 1 is 1.39 bits per heavy atom. The molecular weight excluding hydrogens is 252 g/mol. The fourth-order valence-corrected chi connectivity index (χ4v) is 2.73.